The number of benzene rings is 2. The third-order valence-corrected chi connectivity index (χ3v) is 4.03. The van der Waals surface area contributed by atoms with Crippen LogP contribution in [0.25, 0.3) is 0 Å². The molecule has 20 heavy (non-hydrogen) atoms. The van der Waals surface area contributed by atoms with Gasteiger partial charge >= 0.3 is 0 Å². The molecule has 0 spiro atoms. The Morgan fingerprint density at radius 2 is 1.70 bits per heavy atom. The zero-order chi connectivity index (χ0) is 14.8. The molecule has 0 fully saturated rings. The first-order chi connectivity index (χ1) is 9.38. The molecule has 0 heterocycles. The van der Waals surface area contributed by atoms with Crippen molar-refractivity contribution in [3.05, 3.63) is 69.7 Å². The van der Waals surface area contributed by atoms with Gasteiger partial charge in [0.1, 0.15) is 0 Å². The minimum Gasteiger partial charge on any atom is -0.294 e. The number of carbonyl (C=O) groups excluding carboxylic acids is 1. The third kappa shape index (κ3) is 3.57. The summed E-state index contributed by atoms with van der Waals surface area (Å²) in [6, 6.07) is 15.9. The molecule has 0 atom stereocenters. The molecule has 2 aromatic rings. The lowest BCUT2D eigenvalue weighted by Gasteiger charge is -2.20. The summed E-state index contributed by atoms with van der Waals surface area (Å²) >= 11 is 3.49. The Morgan fingerprint density at radius 3 is 2.30 bits per heavy atom. The van der Waals surface area contributed by atoms with Gasteiger partial charge in [0, 0.05) is 16.5 Å². The summed E-state index contributed by atoms with van der Waals surface area (Å²) in [5.41, 5.74) is 3.03. The summed E-state index contributed by atoms with van der Waals surface area (Å²) in [7, 11) is 0. The Bertz CT molecular complexity index is 609. The molecule has 0 bridgehead atoms. The highest BCUT2D eigenvalue weighted by Crippen LogP contribution is 2.27. The first kappa shape index (κ1) is 15.0. The van der Waals surface area contributed by atoms with Crippen molar-refractivity contribution in [1.82, 2.24) is 0 Å². The number of rotatable bonds is 3. The molecule has 0 N–H and O–H groups in total. The van der Waals surface area contributed by atoms with E-state index >= 15 is 0 Å². The second-order valence-electron chi connectivity index (χ2n) is 6.03. The molecule has 2 rings (SSSR count). The Morgan fingerprint density at radius 1 is 1.05 bits per heavy atom. The van der Waals surface area contributed by atoms with E-state index in [2.05, 4.69) is 42.8 Å². The predicted molar refractivity (Wildman–Crippen MR) is 87.3 cm³/mol. The average molecular weight is 331 g/mol. The Labute approximate surface area is 129 Å². The molecule has 0 aliphatic rings. The Hall–Kier alpha value is -1.41. The van der Waals surface area contributed by atoms with Gasteiger partial charge in [-0.15, -0.1) is 0 Å². The van der Waals surface area contributed by atoms with E-state index in [9.17, 15) is 4.79 Å². The molecule has 0 aromatic heterocycles. The van der Waals surface area contributed by atoms with Crippen LogP contribution in [0.15, 0.2) is 53.0 Å². The number of hydrogen-bond donors (Lipinski definition) is 0. The standard InChI is InChI=1S/C18H19BrO/c1-18(2,3)14-9-10-16(19)15(12-14)17(20)11-13-7-5-4-6-8-13/h4-10,12H,11H2,1-3H3. The van der Waals surface area contributed by atoms with E-state index in [-0.39, 0.29) is 11.2 Å². The highest BCUT2D eigenvalue weighted by molar-refractivity contribution is 9.10. The van der Waals surface area contributed by atoms with Crippen molar-refractivity contribution >= 4 is 21.7 Å². The van der Waals surface area contributed by atoms with Gasteiger partial charge in [0.2, 0.25) is 0 Å². The quantitative estimate of drug-likeness (QED) is 0.709. The lowest BCUT2D eigenvalue weighted by molar-refractivity contribution is 0.0992. The van der Waals surface area contributed by atoms with Gasteiger partial charge in [-0.2, -0.15) is 0 Å². The molecular formula is C18H19BrO. The van der Waals surface area contributed by atoms with E-state index in [0.717, 1.165) is 15.6 Å². The topological polar surface area (TPSA) is 17.1 Å². The first-order valence-electron chi connectivity index (χ1n) is 6.75. The monoisotopic (exact) mass is 330 g/mol. The van der Waals surface area contributed by atoms with Crippen LogP contribution < -0.4 is 0 Å². The molecule has 0 saturated heterocycles. The van der Waals surface area contributed by atoms with Gasteiger partial charge in [0.15, 0.2) is 5.78 Å². The summed E-state index contributed by atoms with van der Waals surface area (Å²) in [6.45, 7) is 6.46. The van der Waals surface area contributed by atoms with Crippen LogP contribution in [0.3, 0.4) is 0 Å². The van der Waals surface area contributed by atoms with Gasteiger partial charge in [-0.05, 0) is 28.7 Å². The first-order valence-corrected chi connectivity index (χ1v) is 7.54. The van der Waals surface area contributed by atoms with E-state index in [4.69, 9.17) is 0 Å². The fourth-order valence-electron chi connectivity index (χ4n) is 2.08. The van der Waals surface area contributed by atoms with Crippen molar-refractivity contribution in [3.8, 4) is 0 Å². The SMILES string of the molecule is CC(C)(C)c1ccc(Br)c(C(=O)Cc2ccccc2)c1. The zero-order valence-corrected chi connectivity index (χ0v) is 13.7. The zero-order valence-electron chi connectivity index (χ0n) is 12.1. The normalized spacial score (nSPS) is 11.4. The molecule has 1 nitrogen and oxygen atoms in total. The summed E-state index contributed by atoms with van der Waals surface area (Å²) < 4.78 is 0.867. The van der Waals surface area contributed by atoms with Crippen LogP contribution in [-0.2, 0) is 11.8 Å². The van der Waals surface area contributed by atoms with Crippen LogP contribution in [0.5, 0.6) is 0 Å². The number of ketones is 1. The van der Waals surface area contributed by atoms with Crippen molar-refractivity contribution in [2.75, 3.05) is 0 Å². The molecule has 0 aliphatic heterocycles. The van der Waals surface area contributed by atoms with Crippen LogP contribution in [0.1, 0.15) is 42.3 Å². The number of Topliss-reactive ketones (excluding diaryl/α,β-unsaturated/α-hetero) is 1. The summed E-state index contributed by atoms with van der Waals surface area (Å²) in [5.74, 6) is 0.147. The predicted octanol–water partition coefficient (Wildman–Crippen LogP) is 5.17. The van der Waals surface area contributed by atoms with Gasteiger partial charge in [-0.25, -0.2) is 0 Å². The number of hydrogen-bond acceptors (Lipinski definition) is 1. The molecule has 0 radical (unpaired) electrons. The maximum Gasteiger partial charge on any atom is 0.168 e. The number of carbonyl (C=O) groups is 1. The molecule has 0 amide bonds. The van der Waals surface area contributed by atoms with Crippen molar-refractivity contribution < 1.29 is 4.79 Å². The second-order valence-corrected chi connectivity index (χ2v) is 6.88. The highest BCUT2D eigenvalue weighted by atomic mass is 79.9. The van der Waals surface area contributed by atoms with Gasteiger partial charge in [0.25, 0.3) is 0 Å². The molecule has 104 valence electrons. The van der Waals surface area contributed by atoms with Crippen molar-refractivity contribution in [2.45, 2.75) is 32.6 Å². The maximum absolute atomic E-state index is 12.5. The van der Waals surface area contributed by atoms with E-state index < -0.39 is 0 Å². The van der Waals surface area contributed by atoms with Gasteiger partial charge in [-0.3, -0.25) is 4.79 Å². The van der Waals surface area contributed by atoms with Crippen molar-refractivity contribution in [1.29, 1.82) is 0 Å². The van der Waals surface area contributed by atoms with Crippen LogP contribution in [0, 0.1) is 0 Å². The largest absolute Gasteiger partial charge is 0.294 e. The van der Waals surface area contributed by atoms with Crippen LogP contribution in [0.2, 0.25) is 0 Å². The van der Waals surface area contributed by atoms with Gasteiger partial charge < -0.3 is 0 Å². The Balaban J connectivity index is 2.30. The minimum absolute atomic E-state index is 0.0441. The van der Waals surface area contributed by atoms with Crippen LogP contribution >= 0.6 is 15.9 Å². The minimum atomic E-state index is 0.0441. The smallest absolute Gasteiger partial charge is 0.168 e. The fourth-order valence-corrected chi connectivity index (χ4v) is 2.55. The Kier molecular flexibility index (Phi) is 4.44. The van der Waals surface area contributed by atoms with Gasteiger partial charge in [0.05, 0.1) is 0 Å². The van der Waals surface area contributed by atoms with Gasteiger partial charge in [-0.1, -0.05) is 73.1 Å². The molecule has 2 heteroatoms. The fraction of sp³-hybridized carbons (Fsp3) is 0.278. The molecule has 0 aliphatic carbocycles. The van der Waals surface area contributed by atoms with E-state index in [1.54, 1.807) is 0 Å². The van der Waals surface area contributed by atoms with E-state index in [1.807, 2.05) is 42.5 Å². The second kappa shape index (κ2) is 5.92. The lowest BCUT2D eigenvalue weighted by Crippen LogP contribution is -2.13. The lowest BCUT2D eigenvalue weighted by atomic mass is 9.85. The molecule has 2 aromatic carbocycles. The number of halogens is 1. The van der Waals surface area contributed by atoms with Crippen LogP contribution in [-0.4, -0.2) is 5.78 Å². The summed E-state index contributed by atoms with van der Waals surface area (Å²) in [6.07, 6.45) is 0.438. The summed E-state index contributed by atoms with van der Waals surface area (Å²) in [5, 5.41) is 0. The third-order valence-electron chi connectivity index (χ3n) is 3.34. The highest BCUT2D eigenvalue weighted by Gasteiger charge is 2.18. The van der Waals surface area contributed by atoms with Crippen molar-refractivity contribution in [3.63, 3.8) is 0 Å². The maximum atomic E-state index is 12.5. The van der Waals surface area contributed by atoms with E-state index in [1.165, 1.54) is 5.56 Å². The summed E-state index contributed by atoms with van der Waals surface area (Å²) in [4.78, 5) is 12.5. The molecule has 0 saturated carbocycles. The van der Waals surface area contributed by atoms with Crippen molar-refractivity contribution in [2.24, 2.45) is 0 Å². The average Bonchev–Trinajstić information content (AvgIpc) is 2.39. The van der Waals surface area contributed by atoms with Crippen LogP contribution in [0.4, 0.5) is 0 Å². The molecule has 0 unspecified atom stereocenters. The van der Waals surface area contributed by atoms with E-state index in [0.29, 0.717) is 6.42 Å². The molecular weight excluding hydrogens is 312 g/mol.